The van der Waals surface area contributed by atoms with Crippen molar-refractivity contribution in [2.45, 2.75) is 13.5 Å². The number of carbonyl (C=O) groups excluding carboxylic acids is 1. The van der Waals surface area contributed by atoms with Crippen molar-refractivity contribution in [2.24, 2.45) is 11.7 Å². The lowest BCUT2D eigenvalue weighted by atomic mass is 10.1. The van der Waals surface area contributed by atoms with Crippen LogP contribution in [0.4, 0.5) is 0 Å². The predicted molar refractivity (Wildman–Crippen MR) is 83.4 cm³/mol. The van der Waals surface area contributed by atoms with Gasteiger partial charge in [-0.05, 0) is 18.6 Å². The molecule has 1 fully saturated rings. The average molecular weight is 326 g/mol. The minimum atomic E-state index is -3.34. The average Bonchev–Trinajstić information content (AvgIpc) is 2.64. The van der Waals surface area contributed by atoms with Gasteiger partial charge < -0.3 is 5.73 Å². The van der Waals surface area contributed by atoms with Crippen molar-refractivity contribution < 1.29 is 13.2 Å². The van der Waals surface area contributed by atoms with E-state index in [1.165, 1.54) is 4.31 Å². The summed E-state index contributed by atoms with van der Waals surface area (Å²) in [4.78, 5) is 18.0. The zero-order chi connectivity index (χ0) is 16.3. The van der Waals surface area contributed by atoms with E-state index in [1.807, 2.05) is 24.0 Å². The van der Waals surface area contributed by atoms with Crippen LogP contribution >= 0.6 is 0 Å². The summed E-state index contributed by atoms with van der Waals surface area (Å²) in [6.45, 7) is 4.05. The highest BCUT2D eigenvalue weighted by Gasteiger charge is 2.30. The van der Waals surface area contributed by atoms with E-state index >= 15 is 0 Å². The zero-order valence-electron chi connectivity index (χ0n) is 12.9. The van der Waals surface area contributed by atoms with Crippen LogP contribution < -0.4 is 5.73 Å². The molecule has 0 aliphatic carbocycles. The van der Waals surface area contributed by atoms with Crippen LogP contribution in [0.1, 0.15) is 11.3 Å². The van der Waals surface area contributed by atoms with Gasteiger partial charge in [0.05, 0.1) is 17.9 Å². The highest BCUT2D eigenvalue weighted by Crippen LogP contribution is 2.15. The molecule has 7 nitrogen and oxygen atoms in total. The number of rotatable bonds is 4. The lowest BCUT2D eigenvalue weighted by Gasteiger charge is -2.22. The first-order valence-corrected chi connectivity index (χ1v) is 8.99. The minimum absolute atomic E-state index is 0.145. The van der Waals surface area contributed by atoms with Crippen LogP contribution in [0.25, 0.3) is 0 Å². The highest BCUT2D eigenvalue weighted by atomic mass is 32.2. The first-order chi connectivity index (χ1) is 10.3. The van der Waals surface area contributed by atoms with Gasteiger partial charge in [-0.1, -0.05) is 6.07 Å². The molecule has 0 bridgehead atoms. The van der Waals surface area contributed by atoms with E-state index in [0.29, 0.717) is 26.2 Å². The van der Waals surface area contributed by atoms with Gasteiger partial charge in [-0.25, -0.2) is 12.7 Å². The van der Waals surface area contributed by atoms with Gasteiger partial charge in [0.15, 0.2) is 0 Å². The van der Waals surface area contributed by atoms with Crippen molar-refractivity contribution in [1.29, 1.82) is 0 Å². The Labute approximate surface area is 131 Å². The molecule has 0 saturated carbocycles. The SMILES string of the molecule is Cc1cccnc1CN1CCN(S(C)(=O)=O)C[C@H](C(N)=O)C1. The number of pyridine rings is 1. The second kappa shape index (κ2) is 6.72. The quantitative estimate of drug-likeness (QED) is 0.810. The van der Waals surface area contributed by atoms with E-state index in [-0.39, 0.29) is 6.54 Å². The van der Waals surface area contributed by atoms with Gasteiger partial charge >= 0.3 is 0 Å². The molecule has 0 unspecified atom stereocenters. The lowest BCUT2D eigenvalue weighted by molar-refractivity contribution is -0.122. The number of aryl methyl sites for hydroxylation is 1. The summed E-state index contributed by atoms with van der Waals surface area (Å²) < 4.78 is 24.9. The first-order valence-electron chi connectivity index (χ1n) is 7.14. The normalized spacial score (nSPS) is 21.5. The third kappa shape index (κ3) is 4.25. The third-order valence-electron chi connectivity index (χ3n) is 3.93. The summed E-state index contributed by atoms with van der Waals surface area (Å²) in [6, 6.07) is 3.85. The number of carbonyl (C=O) groups is 1. The van der Waals surface area contributed by atoms with Crippen LogP contribution in [-0.2, 0) is 21.4 Å². The summed E-state index contributed by atoms with van der Waals surface area (Å²) in [7, 11) is -3.34. The second-order valence-electron chi connectivity index (χ2n) is 5.72. The van der Waals surface area contributed by atoms with E-state index in [2.05, 4.69) is 4.98 Å². The Morgan fingerprint density at radius 2 is 2.14 bits per heavy atom. The van der Waals surface area contributed by atoms with Crippen molar-refractivity contribution >= 4 is 15.9 Å². The van der Waals surface area contributed by atoms with Gasteiger partial charge in [0.1, 0.15) is 0 Å². The van der Waals surface area contributed by atoms with E-state index in [1.54, 1.807) is 6.20 Å². The fourth-order valence-corrected chi connectivity index (χ4v) is 3.44. The molecule has 22 heavy (non-hydrogen) atoms. The summed E-state index contributed by atoms with van der Waals surface area (Å²) in [5.41, 5.74) is 7.43. The van der Waals surface area contributed by atoms with E-state index in [4.69, 9.17) is 5.73 Å². The summed E-state index contributed by atoms with van der Waals surface area (Å²) >= 11 is 0. The molecule has 1 aromatic rings. The maximum Gasteiger partial charge on any atom is 0.223 e. The molecule has 1 aromatic heterocycles. The number of primary amides is 1. The fraction of sp³-hybridized carbons (Fsp3) is 0.571. The predicted octanol–water partition coefficient (Wildman–Crippen LogP) is -0.431. The molecule has 2 heterocycles. The van der Waals surface area contributed by atoms with Crippen LogP contribution in [0.2, 0.25) is 0 Å². The van der Waals surface area contributed by atoms with Gasteiger partial charge in [-0.15, -0.1) is 0 Å². The Bertz CT molecular complexity index is 647. The maximum atomic E-state index is 11.8. The lowest BCUT2D eigenvalue weighted by Crippen LogP contribution is -2.40. The Kier molecular flexibility index (Phi) is 5.15. The topological polar surface area (TPSA) is 96.6 Å². The molecule has 122 valence electrons. The smallest absolute Gasteiger partial charge is 0.223 e. The van der Waals surface area contributed by atoms with Crippen LogP contribution in [0.5, 0.6) is 0 Å². The Hall–Kier alpha value is -1.51. The molecule has 8 heteroatoms. The Morgan fingerprint density at radius 3 is 2.73 bits per heavy atom. The van der Waals surface area contributed by atoms with Crippen molar-refractivity contribution in [3.63, 3.8) is 0 Å². The van der Waals surface area contributed by atoms with Crippen LogP contribution in [-0.4, -0.2) is 60.9 Å². The van der Waals surface area contributed by atoms with Gasteiger partial charge in [0.25, 0.3) is 0 Å². The van der Waals surface area contributed by atoms with Crippen LogP contribution in [0, 0.1) is 12.8 Å². The summed E-state index contributed by atoms with van der Waals surface area (Å²) in [5.74, 6) is -0.987. The van der Waals surface area contributed by atoms with Gasteiger partial charge in [0.2, 0.25) is 15.9 Å². The van der Waals surface area contributed by atoms with Crippen molar-refractivity contribution in [2.75, 3.05) is 32.4 Å². The summed E-state index contributed by atoms with van der Waals surface area (Å²) in [5, 5.41) is 0. The Balaban J connectivity index is 2.16. The van der Waals surface area contributed by atoms with Crippen molar-refractivity contribution in [3.05, 3.63) is 29.6 Å². The van der Waals surface area contributed by atoms with Gasteiger partial charge in [-0.3, -0.25) is 14.7 Å². The molecule has 1 saturated heterocycles. The molecule has 1 amide bonds. The molecule has 0 radical (unpaired) electrons. The number of amides is 1. The molecule has 2 rings (SSSR count). The number of aromatic nitrogens is 1. The second-order valence-corrected chi connectivity index (χ2v) is 7.70. The summed E-state index contributed by atoms with van der Waals surface area (Å²) in [6.07, 6.45) is 2.89. The van der Waals surface area contributed by atoms with E-state index in [9.17, 15) is 13.2 Å². The molecule has 2 N–H and O–H groups in total. The minimum Gasteiger partial charge on any atom is -0.369 e. The number of hydrogen-bond donors (Lipinski definition) is 1. The maximum absolute atomic E-state index is 11.8. The Morgan fingerprint density at radius 1 is 1.41 bits per heavy atom. The van der Waals surface area contributed by atoms with Crippen LogP contribution in [0.15, 0.2) is 18.3 Å². The molecule has 1 aliphatic rings. The molecule has 1 atom stereocenters. The number of nitrogens with two attached hydrogens (primary N) is 1. The number of sulfonamides is 1. The number of hydrogen-bond acceptors (Lipinski definition) is 5. The van der Waals surface area contributed by atoms with Crippen molar-refractivity contribution in [3.8, 4) is 0 Å². The monoisotopic (exact) mass is 326 g/mol. The fourth-order valence-electron chi connectivity index (χ4n) is 2.57. The standard InChI is InChI=1S/C14H22N4O3S/c1-11-4-3-5-16-13(11)10-17-6-7-18(22(2,20)21)9-12(8-17)14(15)19/h3-5,12H,6-10H2,1-2H3,(H2,15,19)/t12-/m1/s1. The van der Waals surface area contributed by atoms with E-state index < -0.39 is 21.8 Å². The van der Waals surface area contributed by atoms with Gasteiger partial charge in [-0.2, -0.15) is 0 Å². The largest absolute Gasteiger partial charge is 0.369 e. The molecule has 1 aliphatic heterocycles. The van der Waals surface area contributed by atoms with E-state index in [0.717, 1.165) is 17.5 Å². The molecule has 0 spiro atoms. The third-order valence-corrected chi connectivity index (χ3v) is 5.20. The number of nitrogens with zero attached hydrogens (tertiary/aromatic N) is 3. The highest BCUT2D eigenvalue weighted by molar-refractivity contribution is 7.88. The van der Waals surface area contributed by atoms with Crippen molar-refractivity contribution in [1.82, 2.24) is 14.2 Å². The van der Waals surface area contributed by atoms with Gasteiger partial charge in [0, 0.05) is 38.9 Å². The van der Waals surface area contributed by atoms with Crippen LogP contribution in [0.3, 0.4) is 0 Å². The molecular formula is C14H22N4O3S. The first kappa shape index (κ1) is 16.9. The zero-order valence-corrected chi connectivity index (χ0v) is 13.7. The molecular weight excluding hydrogens is 304 g/mol. The molecule has 0 aromatic carbocycles.